The summed E-state index contributed by atoms with van der Waals surface area (Å²) in [5.74, 6) is 1.43. The van der Waals surface area contributed by atoms with Gasteiger partial charge in [-0.25, -0.2) is 4.98 Å². The minimum Gasteiger partial charge on any atom is -0.504 e. The lowest BCUT2D eigenvalue weighted by Crippen LogP contribution is -2.34. The summed E-state index contributed by atoms with van der Waals surface area (Å²) in [5, 5.41) is 10.5. The van der Waals surface area contributed by atoms with E-state index in [-0.39, 0.29) is 17.2 Å². The van der Waals surface area contributed by atoms with Gasteiger partial charge in [-0.15, -0.1) is 6.58 Å². The number of pyridine rings is 1. The number of benzene rings is 1. The zero-order chi connectivity index (χ0) is 23.2. The highest BCUT2D eigenvalue weighted by atomic mass is 16.5. The van der Waals surface area contributed by atoms with Crippen LogP contribution in [0.15, 0.2) is 60.2 Å². The summed E-state index contributed by atoms with van der Waals surface area (Å²) in [6.07, 6.45) is 7.78. The molecule has 2 N–H and O–H groups in total. The number of aromatic amines is 1. The van der Waals surface area contributed by atoms with Crippen molar-refractivity contribution in [3.8, 4) is 22.9 Å². The van der Waals surface area contributed by atoms with E-state index < -0.39 is 0 Å². The van der Waals surface area contributed by atoms with E-state index in [0.29, 0.717) is 24.6 Å². The Morgan fingerprint density at radius 1 is 1.36 bits per heavy atom. The minimum absolute atomic E-state index is 0.148. The normalized spacial score (nSPS) is 16.5. The molecule has 0 saturated carbocycles. The number of H-pyrrole nitrogens is 1. The number of hydrogen-bond acceptors (Lipinski definition) is 6. The van der Waals surface area contributed by atoms with Crippen molar-refractivity contribution in [1.29, 1.82) is 0 Å². The zero-order valence-electron chi connectivity index (χ0n) is 19.0. The summed E-state index contributed by atoms with van der Waals surface area (Å²) < 4.78 is 5.66. The first-order valence-corrected chi connectivity index (χ1v) is 11.4. The predicted octanol–water partition coefficient (Wildman–Crippen LogP) is 4.04. The number of ether oxygens (including phenoxy) is 1. The Labute approximate surface area is 193 Å². The fourth-order valence-corrected chi connectivity index (χ4v) is 4.42. The Kier molecular flexibility index (Phi) is 7.19. The Hall–Kier alpha value is -3.45. The predicted molar refractivity (Wildman–Crippen MR) is 129 cm³/mol. The molecule has 7 heteroatoms. The first-order valence-electron chi connectivity index (χ1n) is 11.4. The number of aromatic nitrogens is 3. The maximum Gasteiger partial charge on any atom is 0.251 e. The second kappa shape index (κ2) is 10.4. The van der Waals surface area contributed by atoms with Crippen LogP contribution in [0.4, 0.5) is 0 Å². The third kappa shape index (κ3) is 5.49. The van der Waals surface area contributed by atoms with E-state index in [0.717, 1.165) is 54.9 Å². The molecule has 3 heterocycles. The van der Waals surface area contributed by atoms with Crippen LogP contribution in [0.25, 0.3) is 11.4 Å². The largest absolute Gasteiger partial charge is 0.504 e. The highest BCUT2D eigenvalue weighted by Gasteiger charge is 2.24. The van der Waals surface area contributed by atoms with Crippen molar-refractivity contribution in [2.75, 3.05) is 19.7 Å². The van der Waals surface area contributed by atoms with Crippen molar-refractivity contribution in [2.45, 2.75) is 38.6 Å². The summed E-state index contributed by atoms with van der Waals surface area (Å²) in [6.45, 7) is 8.71. The van der Waals surface area contributed by atoms with Gasteiger partial charge in [0.25, 0.3) is 5.56 Å². The number of phenolic OH excluding ortho intramolecular Hbond substituents is 1. The van der Waals surface area contributed by atoms with E-state index in [1.807, 2.05) is 31.2 Å². The standard InChI is InChI=1S/C26H30N4O3/c1-3-7-19-12-18(13-23(25(19)32)33-4-2)16-30-11-6-9-21(17-30)22-14-24(31)29-26(28-22)20-8-5-10-27-15-20/h3,5,8,10,12-15,21,32H,1,4,6-7,9,11,16-17H2,2H3,(H,28,29,31)/t21-/m0/s1. The van der Waals surface area contributed by atoms with Gasteiger partial charge in [0.2, 0.25) is 0 Å². The maximum atomic E-state index is 12.4. The van der Waals surface area contributed by atoms with Crippen LogP contribution in [-0.4, -0.2) is 44.7 Å². The molecule has 0 radical (unpaired) electrons. The summed E-state index contributed by atoms with van der Waals surface area (Å²) in [6, 6.07) is 9.28. The number of aromatic hydroxyl groups is 1. The molecule has 1 fully saturated rings. The number of rotatable bonds is 8. The first-order chi connectivity index (χ1) is 16.1. The average molecular weight is 447 g/mol. The molecule has 3 aromatic rings. The molecule has 1 saturated heterocycles. The summed E-state index contributed by atoms with van der Waals surface area (Å²) in [4.78, 5) is 26.5. The van der Waals surface area contributed by atoms with Crippen LogP contribution in [0.2, 0.25) is 0 Å². The second-order valence-corrected chi connectivity index (χ2v) is 8.36. The van der Waals surface area contributed by atoms with Crippen LogP contribution >= 0.6 is 0 Å². The Bertz CT molecular complexity index is 1160. The monoisotopic (exact) mass is 446 g/mol. The smallest absolute Gasteiger partial charge is 0.251 e. The van der Waals surface area contributed by atoms with E-state index in [4.69, 9.17) is 9.72 Å². The van der Waals surface area contributed by atoms with Gasteiger partial charge in [0.1, 0.15) is 5.82 Å². The number of nitrogens with one attached hydrogen (secondary N) is 1. The SMILES string of the molecule is C=CCc1cc(CN2CCC[C@H](c3cc(=O)[nH]c(-c4cccnc4)n3)C2)cc(OCC)c1O. The third-order valence-corrected chi connectivity index (χ3v) is 5.90. The lowest BCUT2D eigenvalue weighted by Gasteiger charge is -2.32. The molecule has 0 aliphatic carbocycles. The van der Waals surface area contributed by atoms with E-state index in [1.54, 1.807) is 24.5 Å². The molecule has 4 rings (SSSR count). The Morgan fingerprint density at radius 3 is 3.00 bits per heavy atom. The molecule has 7 nitrogen and oxygen atoms in total. The van der Waals surface area contributed by atoms with Gasteiger partial charge in [0.05, 0.1) is 12.3 Å². The van der Waals surface area contributed by atoms with Crippen molar-refractivity contribution >= 4 is 0 Å². The molecule has 0 unspecified atom stereocenters. The highest BCUT2D eigenvalue weighted by molar-refractivity contribution is 5.53. The van der Waals surface area contributed by atoms with E-state index in [1.165, 1.54) is 0 Å². The van der Waals surface area contributed by atoms with Crippen LogP contribution in [0, 0.1) is 0 Å². The third-order valence-electron chi connectivity index (χ3n) is 5.90. The zero-order valence-corrected chi connectivity index (χ0v) is 19.0. The number of likely N-dealkylation sites (tertiary alicyclic amines) is 1. The van der Waals surface area contributed by atoms with Crippen LogP contribution in [-0.2, 0) is 13.0 Å². The lowest BCUT2D eigenvalue weighted by molar-refractivity contribution is 0.198. The molecule has 2 aromatic heterocycles. The van der Waals surface area contributed by atoms with Crippen molar-refractivity contribution in [3.05, 3.63) is 82.6 Å². The molecular formula is C26H30N4O3. The molecular weight excluding hydrogens is 416 g/mol. The second-order valence-electron chi connectivity index (χ2n) is 8.36. The van der Waals surface area contributed by atoms with Gasteiger partial charge in [0, 0.05) is 48.6 Å². The van der Waals surface area contributed by atoms with Gasteiger partial charge in [-0.3, -0.25) is 14.7 Å². The minimum atomic E-state index is -0.148. The van der Waals surface area contributed by atoms with Crippen molar-refractivity contribution in [3.63, 3.8) is 0 Å². The van der Waals surface area contributed by atoms with Gasteiger partial charge < -0.3 is 14.8 Å². The van der Waals surface area contributed by atoms with Crippen LogP contribution < -0.4 is 10.3 Å². The number of piperidine rings is 1. The van der Waals surface area contributed by atoms with Crippen LogP contribution in [0.5, 0.6) is 11.5 Å². The summed E-state index contributed by atoms with van der Waals surface area (Å²) in [7, 11) is 0. The van der Waals surface area contributed by atoms with Crippen molar-refractivity contribution < 1.29 is 9.84 Å². The number of nitrogens with zero attached hydrogens (tertiary/aromatic N) is 3. The molecule has 0 spiro atoms. The quantitative estimate of drug-likeness (QED) is 0.508. The fourth-order valence-electron chi connectivity index (χ4n) is 4.42. The number of hydrogen-bond donors (Lipinski definition) is 2. The summed E-state index contributed by atoms with van der Waals surface area (Å²) in [5.41, 5.74) is 3.37. The van der Waals surface area contributed by atoms with Crippen LogP contribution in [0.1, 0.15) is 42.5 Å². The van der Waals surface area contributed by atoms with Crippen molar-refractivity contribution in [2.24, 2.45) is 0 Å². The maximum absolute atomic E-state index is 12.4. The van der Waals surface area contributed by atoms with Gasteiger partial charge in [0.15, 0.2) is 11.5 Å². The number of phenols is 1. The first kappa shape index (κ1) is 22.7. The van der Waals surface area contributed by atoms with Crippen LogP contribution in [0.3, 0.4) is 0 Å². The Balaban J connectivity index is 1.55. The molecule has 1 aromatic carbocycles. The molecule has 1 atom stereocenters. The van der Waals surface area contributed by atoms with Gasteiger partial charge >= 0.3 is 0 Å². The average Bonchev–Trinajstić information content (AvgIpc) is 2.83. The molecule has 0 bridgehead atoms. The molecule has 33 heavy (non-hydrogen) atoms. The van der Waals surface area contributed by atoms with Gasteiger partial charge in [-0.1, -0.05) is 12.1 Å². The highest BCUT2D eigenvalue weighted by Crippen LogP contribution is 2.34. The van der Waals surface area contributed by atoms with E-state index in [9.17, 15) is 9.90 Å². The molecule has 1 aliphatic rings. The van der Waals surface area contributed by atoms with E-state index >= 15 is 0 Å². The van der Waals surface area contributed by atoms with Crippen molar-refractivity contribution in [1.82, 2.24) is 19.9 Å². The topological polar surface area (TPSA) is 91.3 Å². The Morgan fingerprint density at radius 2 is 2.24 bits per heavy atom. The number of allylic oxidation sites excluding steroid dienone is 1. The molecule has 0 amide bonds. The van der Waals surface area contributed by atoms with Gasteiger partial charge in [-0.05, 0) is 56.5 Å². The molecule has 172 valence electrons. The fraction of sp³-hybridized carbons (Fsp3) is 0.346. The summed E-state index contributed by atoms with van der Waals surface area (Å²) >= 11 is 0. The van der Waals surface area contributed by atoms with E-state index in [2.05, 4.69) is 21.4 Å². The molecule has 1 aliphatic heterocycles. The lowest BCUT2D eigenvalue weighted by atomic mass is 9.94. The van der Waals surface area contributed by atoms with Gasteiger partial charge in [-0.2, -0.15) is 0 Å².